The Hall–Kier alpha value is -1.08. The number of nitrogens with zero attached hydrogens (tertiary/aromatic N) is 5. The number of unbranched alkanes of at least 4 members (excludes halogenated alkanes) is 3. The minimum atomic E-state index is -3.98. The summed E-state index contributed by atoms with van der Waals surface area (Å²) in [4.78, 5) is 44.8. The van der Waals surface area contributed by atoms with E-state index >= 15 is 0 Å². The van der Waals surface area contributed by atoms with Crippen molar-refractivity contribution in [2.75, 3.05) is 91.0 Å². The lowest BCUT2D eigenvalue weighted by Crippen LogP contribution is -2.46. The summed E-state index contributed by atoms with van der Waals surface area (Å²) in [5, 5.41) is 2.14. The molecule has 1 aromatic carbocycles. The van der Waals surface area contributed by atoms with Gasteiger partial charge in [-0.05, 0) is 37.6 Å². The number of fused-ring (bicyclic) bond motifs is 1. The van der Waals surface area contributed by atoms with Crippen molar-refractivity contribution in [1.82, 2.24) is 24.6 Å². The third-order valence-corrected chi connectivity index (χ3v) is 12.8. The number of hydrogen-bond donors (Lipinski definition) is 3. The minimum absolute atomic E-state index is 0.170. The quantitative estimate of drug-likeness (QED) is 0.104. The highest BCUT2D eigenvalue weighted by Crippen LogP contribution is 2.45. The van der Waals surface area contributed by atoms with Gasteiger partial charge in [-0.1, -0.05) is 63.8 Å². The van der Waals surface area contributed by atoms with Crippen molar-refractivity contribution in [3.05, 3.63) is 41.7 Å². The van der Waals surface area contributed by atoms with Crippen LogP contribution in [0.3, 0.4) is 0 Å². The molecule has 1 aliphatic heterocycles. The lowest BCUT2D eigenvalue weighted by Gasteiger charge is -2.35. The molecule has 3 N–H and O–H groups in total. The second-order valence-electron chi connectivity index (χ2n) is 13.6. The van der Waals surface area contributed by atoms with Crippen LogP contribution in [0.2, 0.25) is 0 Å². The third kappa shape index (κ3) is 17.7. The molecule has 51 heavy (non-hydrogen) atoms. The largest absolute Gasteiger partial charge is 0.341 e. The predicted octanol–water partition coefficient (Wildman–Crippen LogP) is 6.14. The van der Waals surface area contributed by atoms with Crippen LogP contribution < -0.4 is 0 Å². The fraction of sp³-hybridized carbons (Fsp3) is 0.735. The van der Waals surface area contributed by atoms with Gasteiger partial charge in [0.15, 0.2) is 0 Å². The number of aromatic nitrogens is 1. The topological polar surface area (TPSA) is 165 Å². The molecule has 1 fully saturated rings. The second kappa shape index (κ2) is 22.3. The maximum Gasteiger partial charge on any atom is 0.341 e. The highest BCUT2D eigenvalue weighted by Gasteiger charge is 2.30. The van der Waals surface area contributed by atoms with E-state index in [2.05, 4.69) is 36.1 Å². The maximum absolute atomic E-state index is 13.2. The lowest BCUT2D eigenvalue weighted by atomic mass is 10.1. The van der Waals surface area contributed by atoms with Gasteiger partial charge < -0.3 is 28.3 Å². The Labute approximate surface area is 305 Å². The summed E-state index contributed by atoms with van der Waals surface area (Å²) in [7, 11) is -11.9. The van der Waals surface area contributed by atoms with E-state index in [1.807, 2.05) is 36.8 Å². The van der Waals surface area contributed by atoms with Gasteiger partial charge in [-0.2, -0.15) is 0 Å². The molecule has 0 spiro atoms. The van der Waals surface area contributed by atoms with Crippen molar-refractivity contribution in [2.24, 2.45) is 0 Å². The van der Waals surface area contributed by atoms with E-state index in [0.717, 1.165) is 41.3 Å². The smallest absolute Gasteiger partial charge is 0.323 e. The average molecular weight is 778 g/mol. The molecule has 3 unspecified atom stereocenters. The summed E-state index contributed by atoms with van der Waals surface area (Å²) in [6.07, 6.45) is 5.79. The van der Waals surface area contributed by atoms with Crippen molar-refractivity contribution < 1.29 is 41.9 Å². The number of benzene rings is 1. The Morgan fingerprint density at radius 1 is 0.608 bits per heavy atom. The van der Waals surface area contributed by atoms with Gasteiger partial charge in [0.05, 0.1) is 25.5 Å². The first-order chi connectivity index (χ1) is 24.2. The van der Waals surface area contributed by atoms with Gasteiger partial charge in [0.25, 0.3) is 0 Å². The predicted molar refractivity (Wildman–Crippen MR) is 203 cm³/mol. The zero-order valence-corrected chi connectivity index (χ0v) is 33.8. The van der Waals surface area contributed by atoms with E-state index in [4.69, 9.17) is 18.6 Å². The van der Waals surface area contributed by atoms with Crippen LogP contribution in [0.5, 0.6) is 0 Å². The van der Waals surface area contributed by atoms with E-state index in [0.29, 0.717) is 78.2 Å². The molecule has 1 saturated heterocycles. The summed E-state index contributed by atoms with van der Waals surface area (Å²) in [5.41, 5.74) is 2.03. The van der Waals surface area contributed by atoms with Gasteiger partial charge in [-0.15, -0.1) is 0 Å². The zero-order valence-electron chi connectivity index (χ0n) is 31.1. The van der Waals surface area contributed by atoms with E-state index in [1.165, 1.54) is 0 Å². The fourth-order valence-corrected chi connectivity index (χ4v) is 9.57. The summed E-state index contributed by atoms with van der Waals surface area (Å²) in [5.74, 6) is 0. The molecule has 0 saturated carbocycles. The molecule has 0 amide bonds. The Morgan fingerprint density at radius 2 is 1.00 bits per heavy atom. The van der Waals surface area contributed by atoms with Gasteiger partial charge in [0.2, 0.25) is 0 Å². The first kappa shape index (κ1) is 44.3. The van der Waals surface area contributed by atoms with E-state index in [9.17, 15) is 28.4 Å². The minimum Gasteiger partial charge on any atom is -0.323 e. The first-order valence-electron chi connectivity index (χ1n) is 18.4. The molecule has 0 bridgehead atoms. The van der Waals surface area contributed by atoms with Gasteiger partial charge in [0, 0.05) is 70.5 Å². The summed E-state index contributed by atoms with van der Waals surface area (Å²) in [6.45, 7) is 12.2. The van der Waals surface area contributed by atoms with Crippen LogP contribution in [-0.4, -0.2) is 130 Å². The van der Waals surface area contributed by atoms with Gasteiger partial charge >= 0.3 is 22.8 Å². The molecule has 2 heterocycles. The summed E-state index contributed by atoms with van der Waals surface area (Å²) < 4.78 is 55.7. The normalized spacial score (nSPS) is 20.3. The van der Waals surface area contributed by atoms with Crippen LogP contribution in [0, 0.1) is 6.92 Å². The number of aryl methyl sites for hydroxylation is 1. The molecule has 1 aliphatic rings. The van der Waals surface area contributed by atoms with Crippen molar-refractivity contribution in [1.29, 1.82) is 0 Å². The molecule has 17 heteroatoms. The van der Waals surface area contributed by atoms with E-state index < -0.39 is 22.8 Å². The standard InChI is InChI=1S/C34H62N5O9P3/c1-5-8-21-46-49(40,41)28-37-15-13-36(27-34-25-33-24-31(4)11-12-32(33)26-35-34)14-16-38(29-50(42,43)47-22-9-6-2)18-20-39(19-17-37)30-51(44,45)48-23-10-7-3/h11-12,24-26H,5-10,13-23,27-30H2,1-4H3,(H,40,41)(H,42,43)(H,44,45). The Balaban J connectivity index is 1.88. The second-order valence-corrected chi connectivity index (χ2v) is 19.0. The Kier molecular flexibility index (Phi) is 19.4. The highest BCUT2D eigenvalue weighted by atomic mass is 31.2. The van der Waals surface area contributed by atoms with Crippen molar-refractivity contribution in [3.63, 3.8) is 0 Å². The van der Waals surface area contributed by atoms with Crippen LogP contribution in [0.25, 0.3) is 10.8 Å². The molecule has 1 aromatic heterocycles. The molecule has 3 atom stereocenters. The Bertz CT molecular complexity index is 1420. The van der Waals surface area contributed by atoms with E-state index in [1.54, 1.807) is 4.90 Å². The van der Waals surface area contributed by atoms with Crippen LogP contribution >= 0.6 is 22.8 Å². The molecule has 3 rings (SSSR count). The fourth-order valence-electron chi connectivity index (χ4n) is 5.72. The monoisotopic (exact) mass is 777 g/mol. The molecule has 14 nitrogen and oxygen atoms in total. The maximum atomic E-state index is 13.2. The molecule has 0 radical (unpaired) electrons. The molecule has 292 valence electrons. The van der Waals surface area contributed by atoms with Crippen molar-refractivity contribution in [3.8, 4) is 0 Å². The van der Waals surface area contributed by atoms with Crippen LogP contribution in [0.15, 0.2) is 30.5 Å². The van der Waals surface area contributed by atoms with Crippen molar-refractivity contribution in [2.45, 2.75) is 72.8 Å². The summed E-state index contributed by atoms with van der Waals surface area (Å²) in [6, 6.07) is 8.31. The van der Waals surface area contributed by atoms with Gasteiger partial charge in [0.1, 0.15) is 18.9 Å². The Morgan fingerprint density at radius 3 is 1.39 bits per heavy atom. The van der Waals surface area contributed by atoms with Gasteiger partial charge in [-0.25, -0.2) is 0 Å². The average Bonchev–Trinajstić information content (AvgIpc) is 3.05. The molecular weight excluding hydrogens is 715 g/mol. The summed E-state index contributed by atoms with van der Waals surface area (Å²) >= 11 is 0. The van der Waals surface area contributed by atoms with Gasteiger partial charge in [-0.3, -0.25) is 38.3 Å². The van der Waals surface area contributed by atoms with Crippen LogP contribution in [0.4, 0.5) is 0 Å². The highest BCUT2D eigenvalue weighted by molar-refractivity contribution is 7.53. The lowest BCUT2D eigenvalue weighted by molar-refractivity contribution is 0.135. The third-order valence-electron chi connectivity index (χ3n) is 8.76. The molecular formula is C34H62N5O9P3. The van der Waals surface area contributed by atoms with E-state index in [-0.39, 0.29) is 38.7 Å². The number of rotatable bonds is 20. The molecule has 0 aliphatic carbocycles. The van der Waals surface area contributed by atoms with Crippen molar-refractivity contribution >= 4 is 33.6 Å². The number of hydrogen-bond acceptors (Lipinski definition) is 11. The zero-order chi connectivity index (χ0) is 37.3. The van der Waals surface area contributed by atoms with Crippen LogP contribution in [-0.2, 0) is 33.8 Å². The number of pyridine rings is 1. The SMILES string of the molecule is CCCCOP(=O)(O)CN1CCN(Cc2cc3cc(C)ccc3cn2)CCN(CP(=O)(O)OCCCC)CCN(CP(=O)(O)OCCCC)CC1. The molecule has 2 aromatic rings. The van der Waals surface area contributed by atoms with Crippen LogP contribution in [0.1, 0.15) is 70.6 Å². The first-order valence-corrected chi connectivity index (χ1v) is 23.7.